The van der Waals surface area contributed by atoms with Gasteiger partial charge >= 0.3 is 0 Å². The molecule has 0 atom stereocenters. The highest BCUT2D eigenvalue weighted by Gasteiger charge is 2.33. The summed E-state index contributed by atoms with van der Waals surface area (Å²) in [5.41, 5.74) is -0.000994. The lowest BCUT2D eigenvalue weighted by atomic mass is 10.0. The van der Waals surface area contributed by atoms with Crippen LogP contribution in [-0.2, 0) is 14.3 Å². The fourth-order valence-electron chi connectivity index (χ4n) is 0.937. The van der Waals surface area contributed by atoms with Gasteiger partial charge in [-0.05, 0) is 6.92 Å². The molecule has 0 bridgehead atoms. The summed E-state index contributed by atoms with van der Waals surface area (Å²) in [7, 11) is 1.61. The van der Waals surface area contributed by atoms with Crippen molar-refractivity contribution in [2.75, 3.05) is 33.5 Å². The fraction of sp³-hybridized carbons (Fsp3) is 0.875. The summed E-state index contributed by atoms with van der Waals surface area (Å²) in [6.07, 6.45) is 0.791. The van der Waals surface area contributed by atoms with E-state index in [1.165, 1.54) is 12.1 Å². The molecule has 0 unspecified atom stereocenters. The molecular weight excluding hydrogens is 204 g/mol. The zero-order valence-corrected chi connectivity index (χ0v) is 9.30. The Morgan fingerprint density at radius 2 is 2.43 bits per heavy atom. The first kappa shape index (κ1) is 11.8. The Labute approximate surface area is 88.4 Å². The predicted molar refractivity (Wildman–Crippen MR) is 54.6 cm³/mol. The van der Waals surface area contributed by atoms with Gasteiger partial charge in [0.05, 0.1) is 31.9 Å². The summed E-state index contributed by atoms with van der Waals surface area (Å²) < 4.78 is 14.7. The zero-order chi connectivity index (χ0) is 10.4. The normalized spacial score (nSPS) is 18.7. The molecule has 0 aromatic rings. The third kappa shape index (κ3) is 3.45. The van der Waals surface area contributed by atoms with E-state index in [0.29, 0.717) is 26.4 Å². The lowest BCUT2D eigenvalue weighted by Gasteiger charge is -2.38. The number of carbonyl (C=O) groups excluding carboxylic acids is 1. The zero-order valence-electron chi connectivity index (χ0n) is 8.49. The SMILES string of the molecule is COCCN(C=O)SNC1(C)COC1. The van der Waals surface area contributed by atoms with Crippen LogP contribution in [0.3, 0.4) is 0 Å². The van der Waals surface area contributed by atoms with Gasteiger partial charge in [-0.1, -0.05) is 0 Å². The molecular formula is C8H16N2O3S. The molecule has 1 heterocycles. The number of amides is 1. The standard InChI is InChI=1S/C8H16N2O3S/c1-8(5-13-6-8)9-14-10(7-11)3-4-12-2/h7,9H,3-6H2,1-2H3. The van der Waals surface area contributed by atoms with Crippen LogP contribution in [0, 0.1) is 0 Å². The summed E-state index contributed by atoms with van der Waals surface area (Å²) in [5.74, 6) is 0. The average molecular weight is 220 g/mol. The van der Waals surface area contributed by atoms with Gasteiger partial charge in [-0.2, -0.15) is 0 Å². The van der Waals surface area contributed by atoms with Crippen molar-refractivity contribution >= 4 is 18.5 Å². The second-order valence-electron chi connectivity index (χ2n) is 3.49. The first-order valence-electron chi connectivity index (χ1n) is 4.43. The minimum atomic E-state index is -0.000994. The van der Waals surface area contributed by atoms with Gasteiger partial charge in [0.15, 0.2) is 0 Å². The third-order valence-corrected chi connectivity index (χ3v) is 2.97. The van der Waals surface area contributed by atoms with E-state index < -0.39 is 0 Å². The number of nitrogens with zero attached hydrogens (tertiary/aromatic N) is 1. The summed E-state index contributed by atoms with van der Waals surface area (Å²) in [6, 6.07) is 0. The lowest BCUT2D eigenvalue weighted by Crippen LogP contribution is -2.56. The molecule has 1 saturated heterocycles. The topological polar surface area (TPSA) is 50.8 Å². The summed E-state index contributed by atoms with van der Waals surface area (Å²) in [5, 5.41) is 0. The van der Waals surface area contributed by atoms with E-state index >= 15 is 0 Å². The number of rotatable bonds is 7. The van der Waals surface area contributed by atoms with E-state index in [0.717, 1.165) is 6.41 Å². The molecule has 5 nitrogen and oxygen atoms in total. The number of carbonyl (C=O) groups is 1. The van der Waals surface area contributed by atoms with Gasteiger partial charge in [0, 0.05) is 19.2 Å². The molecule has 82 valence electrons. The van der Waals surface area contributed by atoms with E-state index in [9.17, 15) is 4.79 Å². The Kier molecular flexibility index (Phi) is 4.67. The smallest absolute Gasteiger partial charge is 0.220 e. The average Bonchev–Trinajstić information content (AvgIpc) is 2.15. The van der Waals surface area contributed by atoms with Crippen molar-refractivity contribution in [2.45, 2.75) is 12.5 Å². The van der Waals surface area contributed by atoms with Crippen molar-refractivity contribution in [3.05, 3.63) is 0 Å². The Hall–Kier alpha value is -0.300. The van der Waals surface area contributed by atoms with Crippen molar-refractivity contribution in [1.29, 1.82) is 0 Å². The highest BCUT2D eigenvalue weighted by molar-refractivity contribution is 7.95. The van der Waals surface area contributed by atoms with Crippen LogP contribution in [0.25, 0.3) is 0 Å². The highest BCUT2D eigenvalue weighted by Crippen LogP contribution is 2.19. The molecule has 0 aromatic carbocycles. The van der Waals surface area contributed by atoms with Gasteiger partial charge in [0.2, 0.25) is 6.41 Å². The minimum Gasteiger partial charge on any atom is -0.383 e. The molecule has 1 N–H and O–H groups in total. The number of ether oxygens (including phenoxy) is 2. The number of nitrogens with one attached hydrogen (secondary N) is 1. The van der Waals surface area contributed by atoms with Crippen molar-refractivity contribution < 1.29 is 14.3 Å². The van der Waals surface area contributed by atoms with Crippen LogP contribution in [0.2, 0.25) is 0 Å². The molecule has 0 saturated carbocycles. The summed E-state index contributed by atoms with van der Waals surface area (Å²) in [4.78, 5) is 10.6. The van der Waals surface area contributed by atoms with Crippen LogP contribution in [0.5, 0.6) is 0 Å². The summed E-state index contributed by atoms with van der Waals surface area (Å²) in [6.45, 7) is 4.56. The van der Waals surface area contributed by atoms with E-state index in [1.807, 2.05) is 0 Å². The quantitative estimate of drug-likeness (QED) is 0.485. The van der Waals surface area contributed by atoms with Crippen LogP contribution in [0.15, 0.2) is 0 Å². The molecule has 0 aliphatic carbocycles. The first-order valence-corrected chi connectivity index (χ1v) is 5.20. The van der Waals surface area contributed by atoms with Crippen molar-refractivity contribution in [3.8, 4) is 0 Å². The van der Waals surface area contributed by atoms with Gasteiger partial charge in [0.1, 0.15) is 0 Å². The monoisotopic (exact) mass is 220 g/mol. The van der Waals surface area contributed by atoms with Gasteiger partial charge in [-0.15, -0.1) is 0 Å². The second-order valence-corrected chi connectivity index (χ2v) is 4.34. The summed E-state index contributed by atoms with van der Waals surface area (Å²) >= 11 is 1.30. The van der Waals surface area contributed by atoms with Crippen LogP contribution in [0.1, 0.15) is 6.92 Å². The van der Waals surface area contributed by atoms with E-state index in [-0.39, 0.29) is 5.54 Å². The number of hydrogen-bond donors (Lipinski definition) is 1. The maximum absolute atomic E-state index is 10.6. The van der Waals surface area contributed by atoms with Gasteiger partial charge < -0.3 is 9.47 Å². The maximum atomic E-state index is 10.6. The molecule has 1 aliphatic heterocycles. The Morgan fingerprint density at radius 3 is 2.86 bits per heavy atom. The molecule has 0 aromatic heterocycles. The van der Waals surface area contributed by atoms with Crippen molar-refractivity contribution in [3.63, 3.8) is 0 Å². The molecule has 1 amide bonds. The van der Waals surface area contributed by atoms with Gasteiger partial charge in [-0.3, -0.25) is 9.10 Å². The lowest BCUT2D eigenvalue weighted by molar-refractivity contribution is -0.114. The Morgan fingerprint density at radius 1 is 1.71 bits per heavy atom. The Balaban J connectivity index is 2.16. The molecule has 1 aliphatic rings. The molecule has 1 rings (SSSR count). The highest BCUT2D eigenvalue weighted by atomic mass is 32.2. The number of methoxy groups -OCH3 is 1. The predicted octanol–water partition coefficient (Wildman–Crippen LogP) is 0.0329. The van der Waals surface area contributed by atoms with Crippen molar-refractivity contribution in [2.24, 2.45) is 0 Å². The van der Waals surface area contributed by atoms with Crippen LogP contribution in [0.4, 0.5) is 0 Å². The van der Waals surface area contributed by atoms with Crippen molar-refractivity contribution in [1.82, 2.24) is 9.03 Å². The third-order valence-electron chi connectivity index (χ3n) is 1.88. The minimum absolute atomic E-state index is 0.000994. The molecule has 0 radical (unpaired) electrons. The van der Waals surface area contributed by atoms with Crippen LogP contribution < -0.4 is 4.72 Å². The molecule has 14 heavy (non-hydrogen) atoms. The molecule has 6 heteroatoms. The van der Waals surface area contributed by atoms with E-state index in [1.54, 1.807) is 11.4 Å². The fourth-order valence-corrected chi connectivity index (χ4v) is 1.60. The largest absolute Gasteiger partial charge is 0.383 e. The Bertz CT molecular complexity index is 187. The molecule has 1 fully saturated rings. The number of hydrogen-bond acceptors (Lipinski definition) is 5. The first-order chi connectivity index (χ1) is 6.70. The van der Waals surface area contributed by atoms with E-state index in [2.05, 4.69) is 11.6 Å². The maximum Gasteiger partial charge on any atom is 0.220 e. The van der Waals surface area contributed by atoms with Crippen LogP contribution in [-0.4, -0.2) is 49.7 Å². The van der Waals surface area contributed by atoms with E-state index in [4.69, 9.17) is 9.47 Å². The van der Waals surface area contributed by atoms with Gasteiger partial charge in [0.25, 0.3) is 0 Å². The van der Waals surface area contributed by atoms with Gasteiger partial charge in [-0.25, -0.2) is 4.72 Å². The second kappa shape index (κ2) is 5.55. The molecule has 0 spiro atoms. The van der Waals surface area contributed by atoms with Crippen LogP contribution >= 0.6 is 12.1 Å².